The van der Waals surface area contributed by atoms with Crippen LogP contribution in [0, 0.1) is 0 Å². The minimum atomic E-state index is -4.74. The van der Waals surface area contributed by atoms with Crippen LogP contribution in [-0.2, 0) is 37.5 Å². The number of carboxylic acids is 1. The van der Waals surface area contributed by atoms with Crippen LogP contribution < -0.4 is 5.73 Å². The van der Waals surface area contributed by atoms with E-state index in [2.05, 4.69) is 103 Å². The molecule has 0 bridgehead atoms. The predicted octanol–water partition coefficient (Wildman–Crippen LogP) is 13.1. The molecular formula is C50H84NO10P. The zero-order valence-electron chi connectivity index (χ0n) is 38.4. The van der Waals surface area contributed by atoms with E-state index in [-0.39, 0.29) is 19.4 Å². The molecule has 11 nitrogen and oxygen atoms in total. The largest absolute Gasteiger partial charge is 0.480 e. The average molecular weight is 890 g/mol. The first-order valence-corrected chi connectivity index (χ1v) is 25.1. The predicted molar refractivity (Wildman–Crippen MR) is 254 cm³/mol. The number of carbonyl (C=O) groups excluding carboxylic acids is 2. The van der Waals surface area contributed by atoms with E-state index in [9.17, 15) is 23.8 Å². The van der Waals surface area contributed by atoms with E-state index in [0.717, 1.165) is 83.5 Å². The van der Waals surface area contributed by atoms with Gasteiger partial charge < -0.3 is 25.2 Å². The molecule has 0 saturated carbocycles. The minimum Gasteiger partial charge on any atom is -0.480 e. The molecule has 12 heteroatoms. The molecule has 0 saturated heterocycles. The van der Waals surface area contributed by atoms with Gasteiger partial charge in [-0.15, -0.1) is 0 Å². The van der Waals surface area contributed by atoms with E-state index in [0.29, 0.717) is 12.8 Å². The summed E-state index contributed by atoms with van der Waals surface area (Å²) in [6.07, 6.45) is 55.0. The third-order valence-corrected chi connectivity index (χ3v) is 10.6. The summed E-state index contributed by atoms with van der Waals surface area (Å²) in [5, 5.41) is 8.91. The number of allylic oxidation sites excluding steroid dienone is 14. The van der Waals surface area contributed by atoms with Crippen molar-refractivity contribution in [1.82, 2.24) is 0 Å². The van der Waals surface area contributed by atoms with Crippen LogP contribution in [0.15, 0.2) is 85.1 Å². The van der Waals surface area contributed by atoms with Crippen LogP contribution in [0.4, 0.5) is 0 Å². The summed E-state index contributed by atoms with van der Waals surface area (Å²) in [6, 6.07) is -1.53. The highest BCUT2D eigenvalue weighted by Gasteiger charge is 2.28. The molecule has 354 valence electrons. The van der Waals surface area contributed by atoms with Crippen molar-refractivity contribution < 1.29 is 47.5 Å². The van der Waals surface area contributed by atoms with Crippen molar-refractivity contribution in [3.63, 3.8) is 0 Å². The lowest BCUT2D eigenvalue weighted by atomic mass is 10.1. The molecule has 0 spiro atoms. The topological polar surface area (TPSA) is 172 Å². The maximum atomic E-state index is 12.7. The normalized spacial score (nSPS) is 14.4. The molecule has 3 unspecified atom stereocenters. The van der Waals surface area contributed by atoms with Gasteiger partial charge in [-0.25, -0.2) is 4.57 Å². The zero-order valence-corrected chi connectivity index (χ0v) is 39.3. The maximum absolute atomic E-state index is 12.7. The Hall–Kier alpha value is -3.34. The first kappa shape index (κ1) is 58.7. The van der Waals surface area contributed by atoms with E-state index in [4.69, 9.17) is 24.8 Å². The third kappa shape index (κ3) is 43.3. The molecule has 0 fully saturated rings. The third-order valence-electron chi connectivity index (χ3n) is 9.63. The molecule has 0 amide bonds. The summed E-state index contributed by atoms with van der Waals surface area (Å²) in [4.78, 5) is 46.1. The second kappa shape index (κ2) is 44.3. The summed E-state index contributed by atoms with van der Waals surface area (Å²) in [6.45, 7) is 2.63. The number of nitrogens with two attached hydrogens (primary N) is 1. The van der Waals surface area contributed by atoms with Gasteiger partial charge in [0.05, 0.1) is 13.2 Å². The van der Waals surface area contributed by atoms with E-state index in [1.807, 2.05) is 0 Å². The molecule has 0 rings (SSSR count). The molecule has 0 aromatic carbocycles. The quantitative estimate of drug-likeness (QED) is 0.0230. The fraction of sp³-hybridized carbons (Fsp3) is 0.660. The fourth-order valence-corrected chi connectivity index (χ4v) is 6.72. The van der Waals surface area contributed by atoms with Crippen molar-refractivity contribution in [3.8, 4) is 0 Å². The molecular weight excluding hydrogens is 806 g/mol. The number of aliphatic carboxylic acids is 1. The van der Waals surface area contributed by atoms with Gasteiger partial charge in [-0.2, -0.15) is 0 Å². The smallest absolute Gasteiger partial charge is 0.472 e. The van der Waals surface area contributed by atoms with E-state index >= 15 is 0 Å². The Labute approximate surface area is 375 Å². The highest BCUT2D eigenvalue weighted by Crippen LogP contribution is 2.43. The number of hydrogen-bond donors (Lipinski definition) is 3. The molecule has 0 aromatic rings. The van der Waals surface area contributed by atoms with Gasteiger partial charge in [0.1, 0.15) is 12.6 Å². The van der Waals surface area contributed by atoms with Gasteiger partial charge >= 0.3 is 25.7 Å². The van der Waals surface area contributed by atoms with Gasteiger partial charge in [-0.3, -0.25) is 23.4 Å². The number of phosphoric acid groups is 1. The molecule has 0 heterocycles. The van der Waals surface area contributed by atoms with Crippen LogP contribution in [0.1, 0.15) is 181 Å². The Kier molecular flexibility index (Phi) is 41.9. The molecule has 0 radical (unpaired) electrons. The van der Waals surface area contributed by atoms with E-state index in [1.165, 1.54) is 57.8 Å². The molecule has 0 aliphatic carbocycles. The Balaban J connectivity index is 4.39. The molecule has 62 heavy (non-hydrogen) atoms. The summed E-state index contributed by atoms with van der Waals surface area (Å²) in [7, 11) is -4.74. The average Bonchev–Trinajstić information content (AvgIpc) is 3.25. The summed E-state index contributed by atoms with van der Waals surface area (Å²) >= 11 is 0. The number of esters is 2. The second-order valence-electron chi connectivity index (χ2n) is 15.5. The molecule has 3 atom stereocenters. The number of rotatable bonds is 43. The van der Waals surface area contributed by atoms with Crippen molar-refractivity contribution in [2.75, 3.05) is 19.8 Å². The number of phosphoric ester groups is 1. The summed E-state index contributed by atoms with van der Waals surface area (Å²) in [5.41, 5.74) is 5.34. The van der Waals surface area contributed by atoms with Crippen molar-refractivity contribution in [1.29, 1.82) is 0 Å². The molecule has 0 aliphatic heterocycles. The van der Waals surface area contributed by atoms with Crippen LogP contribution in [0.2, 0.25) is 0 Å². The van der Waals surface area contributed by atoms with Crippen molar-refractivity contribution in [2.24, 2.45) is 5.73 Å². The lowest BCUT2D eigenvalue weighted by Gasteiger charge is -2.20. The van der Waals surface area contributed by atoms with Crippen LogP contribution >= 0.6 is 7.82 Å². The van der Waals surface area contributed by atoms with Crippen LogP contribution in [-0.4, -0.2) is 59.9 Å². The van der Waals surface area contributed by atoms with Gasteiger partial charge in [-0.05, 0) is 89.9 Å². The zero-order chi connectivity index (χ0) is 45.6. The Morgan fingerprint density at radius 1 is 0.516 bits per heavy atom. The summed E-state index contributed by atoms with van der Waals surface area (Å²) in [5.74, 6) is -2.43. The van der Waals surface area contributed by atoms with Gasteiger partial charge in [0.2, 0.25) is 0 Å². The SMILES string of the molecule is CC/C=C\C/C=C\C/C=C\C/C=C\C/C=C\CCCCCC(=O)OC(COC(=O)CCCCCCCCCCC/C=C\C/C=C\CCCCC)COP(=O)(O)OCC(N)C(=O)O. The highest BCUT2D eigenvalue weighted by atomic mass is 31.2. The van der Waals surface area contributed by atoms with Crippen LogP contribution in [0.3, 0.4) is 0 Å². The van der Waals surface area contributed by atoms with Crippen LogP contribution in [0.25, 0.3) is 0 Å². The minimum absolute atomic E-state index is 0.117. The molecule has 0 aromatic heterocycles. The lowest BCUT2D eigenvalue weighted by Crippen LogP contribution is -2.34. The number of ether oxygens (including phenoxy) is 2. The standard InChI is InChI=1S/C50H84NO10P/c1-3-5-7-9-11-13-15-17-19-21-23-25-27-29-31-33-35-37-39-41-48(52)58-43-46(44-59-62(56,57)60-45-47(51)50(54)55)61-49(53)42-40-38-36-34-32-30-28-26-24-22-20-18-16-14-12-10-8-6-4-2/h6,8,11-14,17-20,24,26,30,32,46-47H,3-5,7,9-10,15-16,21-23,25,27-29,31,33-45,51H2,1-2H3,(H,54,55)(H,56,57)/b8-6-,13-11-,14-12-,19-17-,20-18-,26-24-,32-30-. The molecule has 4 N–H and O–H groups in total. The number of carboxylic acid groups (broad SMARTS) is 1. The van der Waals surface area contributed by atoms with E-state index < -0.39 is 51.1 Å². The Bertz CT molecular complexity index is 1370. The van der Waals surface area contributed by atoms with Gasteiger partial charge in [0, 0.05) is 12.8 Å². The maximum Gasteiger partial charge on any atom is 0.472 e. The Morgan fingerprint density at radius 3 is 1.37 bits per heavy atom. The molecule has 0 aliphatic rings. The van der Waals surface area contributed by atoms with Crippen molar-refractivity contribution >= 4 is 25.7 Å². The summed E-state index contributed by atoms with van der Waals surface area (Å²) < 4.78 is 32.7. The van der Waals surface area contributed by atoms with Crippen molar-refractivity contribution in [2.45, 2.75) is 193 Å². The number of unbranched alkanes of at least 4 members (excludes halogenated alkanes) is 15. The first-order chi connectivity index (χ1) is 30.1. The number of carbonyl (C=O) groups is 3. The Morgan fingerprint density at radius 2 is 0.903 bits per heavy atom. The van der Waals surface area contributed by atoms with Gasteiger partial charge in [0.25, 0.3) is 0 Å². The second-order valence-corrected chi connectivity index (χ2v) is 17.0. The van der Waals surface area contributed by atoms with E-state index in [1.54, 1.807) is 0 Å². The van der Waals surface area contributed by atoms with Crippen LogP contribution in [0.5, 0.6) is 0 Å². The van der Waals surface area contributed by atoms with Gasteiger partial charge in [0.15, 0.2) is 6.10 Å². The monoisotopic (exact) mass is 890 g/mol. The highest BCUT2D eigenvalue weighted by molar-refractivity contribution is 7.47. The van der Waals surface area contributed by atoms with Crippen molar-refractivity contribution in [3.05, 3.63) is 85.1 Å². The fourth-order valence-electron chi connectivity index (χ4n) is 5.94. The van der Waals surface area contributed by atoms with Gasteiger partial charge in [-0.1, -0.05) is 163 Å². The number of hydrogen-bond acceptors (Lipinski definition) is 9. The lowest BCUT2D eigenvalue weighted by molar-refractivity contribution is -0.161. The first-order valence-electron chi connectivity index (χ1n) is 23.6.